The fourth-order valence-corrected chi connectivity index (χ4v) is 1.29. The summed E-state index contributed by atoms with van der Waals surface area (Å²) in [6.07, 6.45) is 0. The summed E-state index contributed by atoms with van der Waals surface area (Å²) in [5.41, 5.74) is -0.0201. The van der Waals surface area contributed by atoms with Crippen LogP contribution in [0.1, 0.15) is 0 Å². The molecule has 0 spiro atoms. The SMILES string of the molecule is COc1ccc(F)c(NC(=O)NCCOCC(=O)O)c1. The van der Waals surface area contributed by atoms with Crippen LogP contribution in [-0.4, -0.2) is 44.0 Å². The molecule has 0 aliphatic heterocycles. The summed E-state index contributed by atoms with van der Waals surface area (Å²) in [7, 11) is 1.43. The third kappa shape index (κ3) is 5.53. The molecule has 0 radical (unpaired) electrons. The highest BCUT2D eigenvalue weighted by Gasteiger charge is 2.07. The van der Waals surface area contributed by atoms with Gasteiger partial charge in [-0.2, -0.15) is 0 Å². The van der Waals surface area contributed by atoms with Gasteiger partial charge in [-0.25, -0.2) is 14.0 Å². The van der Waals surface area contributed by atoms with Crippen molar-refractivity contribution in [1.82, 2.24) is 5.32 Å². The second-order valence-corrected chi connectivity index (χ2v) is 3.67. The number of anilines is 1. The van der Waals surface area contributed by atoms with Gasteiger partial charge < -0.3 is 25.2 Å². The molecule has 3 N–H and O–H groups in total. The number of hydrogen-bond donors (Lipinski definition) is 3. The number of amides is 2. The normalized spacial score (nSPS) is 9.90. The van der Waals surface area contributed by atoms with E-state index in [9.17, 15) is 14.0 Å². The lowest BCUT2D eigenvalue weighted by atomic mass is 10.3. The molecule has 0 aromatic heterocycles. The predicted molar refractivity (Wildman–Crippen MR) is 68.4 cm³/mol. The molecule has 0 aliphatic carbocycles. The maximum absolute atomic E-state index is 13.4. The van der Waals surface area contributed by atoms with Crippen LogP contribution < -0.4 is 15.4 Å². The lowest BCUT2D eigenvalue weighted by molar-refractivity contribution is -0.142. The Kier molecular flexibility index (Phi) is 6.24. The third-order valence-corrected chi connectivity index (χ3v) is 2.18. The van der Waals surface area contributed by atoms with E-state index in [4.69, 9.17) is 14.6 Å². The van der Waals surface area contributed by atoms with E-state index in [1.165, 1.54) is 25.3 Å². The fourth-order valence-electron chi connectivity index (χ4n) is 1.29. The summed E-state index contributed by atoms with van der Waals surface area (Å²) in [5.74, 6) is -1.28. The zero-order chi connectivity index (χ0) is 15.0. The monoisotopic (exact) mass is 286 g/mol. The first-order chi connectivity index (χ1) is 9.52. The van der Waals surface area contributed by atoms with E-state index in [-0.39, 0.29) is 18.8 Å². The first kappa shape index (κ1) is 15.7. The minimum absolute atomic E-state index is 0.0201. The van der Waals surface area contributed by atoms with Crippen LogP contribution in [0.25, 0.3) is 0 Å². The molecule has 7 nitrogen and oxygen atoms in total. The van der Waals surface area contributed by atoms with Crippen molar-refractivity contribution in [3.05, 3.63) is 24.0 Å². The Morgan fingerprint density at radius 3 is 2.80 bits per heavy atom. The number of hydrogen-bond acceptors (Lipinski definition) is 4. The lowest BCUT2D eigenvalue weighted by Crippen LogP contribution is -2.32. The number of carboxylic acids is 1. The molecule has 0 atom stereocenters. The third-order valence-electron chi connectivity index (χ3n) is 2.18. The van der Waals surface area contributed by atoms with Gasteiger partial charge in [-0.3, -0.25) is 0 Å². The number of nitrogens with one attached hydrogen (secondary N) is 2. The molecule has 0 saturated heterocycles. The molecule has 8 heteroatoms. The maximum Gasteiger partial charge on any atom is 0.329 e. The van der Waals surface area contributed by atoms with Crippen molar-refractivity contribution in [3.8, 4) is 5.75 Å². The first-order valence-corrected chi connectivity index (χ1v) is 5.71. The van der Waals surface area contributed by atoms with Gasteiger partial charge >= 0.3 is 12.0 Å². The molecule has 1 aromatic rings. The Morgan fingerprint density at radius 1 is 1.40 bits per heavy atom. The highest BCUT2D eigenvalue weighted by molar-refractivity contribution is 5.89. The second kappa shape index (κ2) is 7.95. The molecule has 0 bridgehead atoms. The van der Waals surface area contributed by atoms with Gasteiger partial charge in [0, 0.05) is 12.6 Å². The second-order valence-electron chi connectivity index (χ2n) is 3.67. The quantitative estimate of drug-likeness (QED) is 0.651. The number of rotatable bonds is 7. The molecular formula is C12H15FN2O5. The van der Waals surface area contributed by atoms with E-state index in [1.807, 2.05) is 0 Å². The van der Waals surface area contributed by atoms with Crippen LogP contribution in [0.15, 0.2) is 18.2 Å². The number of carbonyl (C=O) groups excluding carboxylic acids is 1. The van der Waals surface area contributed by atoms with Crippen LogP contribution in [0, 0.1) is 5.82 Å². The molecule has 0 heterocycles. The predicted octanol–water partition coefficient (Wildman–Crippen LogP) is 1.06. The zero-order valence-electron chi connectivity index (χ0n) is 10.8. The topological polar surface area (TPSA) is 96.9 Å². The minimum atomic E-state index is -1.09. The van der Waals surface area contributed by atoms with Crippen molar-refractivity contribution in [3.63, 3.8) is 0 Å². The number of methoxy groups -OCH3 is 1. The van der Waals surface area contributed by atoms with Crippen LogP contribution in [0.3, 0.4) is 0 Å². The van der Waals surface area contributed by atoms with E-state index < -0.39 is 24.4 Å². The maximum atomic E-state index is 13.4. The van der Waals surface area contributed by atoms with E-state index >= 15 is 0 Å². The van der Waals surface area contributed by atoms with Crippen molar-refractivity contribution in [1.29, 1.82) is 0 Å². The molecule has 0 unspecified atom stereocenters. The molecule has 0 saturated carbocycles. The average molecular weight is 286 g/mol. The number of benzene rings is 1. The van der Waals surface area contributed by atoms with Crippen molar-refractivity contribution in [2.24, 2.45) is 0 Å². The largest absolute Gasteiger partial charge is 0.497 e. The standard InChI is InChI=1S/C12H15FN2O5/c1-19-8-2-3-9(13)10(6-8)15-12(18)14-4-5-20-7-11(16)17/h2-3,6H,4-5,7H2,1H3,(H,16,17)(H2,14,15,18). The number of aliphatic carboxylic acids is 1. The van der Waals surface area contributed by atoms with Gasteiger partial charge in [-0.05, 0) is 12.1 Å². The first-order valence-electron chi connectivity index (χ1n) is 5.71. The van der Waals surface area contributed by atoms with Gasteiger partial charge in [-0.1, -0.05) is 0 Å². The van der Waals surface area contributed by atoms with E-state index in [1.54, 1.807) is 0 Å². The van der Waals surface area contributed by atoms with Crippen molar-refractivity contribution < 1.29 is 28.6 Å². The highest BCUT2D eigenvalue weighted by Crippen LogP contribution is 2.20. The molecule has 1 aromatic carbocycles. The Morgan fingerprint density at radius 2 is 2.15 bits per heavy atom. The summed E-state index contributed by atoms with van der Waals surface area (Å²) in [6, 6.07) is 3.31. The summed E-state index contributed by atoms with van der Waals surface area (Å²) < 4.78 is 23.0. The van der Waals surface area contributed by atoms with E-state index in [0.717, 1.165) is 0 Å². The summed E-state index contributed by atoms with van der Waals surface area (Å²) in [4.78, 5) is 21.6. The smallest absolute Gasteiger partial charge is 0.329 e. The molecule has 2 amide bonds. The van der Waals surface area contributed by atoms with E-state index in [0.29, 0.717) is 5.75 Å². The Bertz CT molecular complexity index is 481. The van der Waals surface area contributed by atoms with Crippen LogP contribution >= 0.6 is 0 Å². The molecule has 0 aliphatic rings. The molecule has 0 fully saturated rings. The van der Waals surface area contributed by atoms with Gasteiger partial charge in [0.15, 0.2) is 0 Å². The number of ether oxygens (including phenoxy) is 2. The molecule has 20 heavy (non-hydrogen) atoms. The number of carboxylic acid groups (broad SMARTS) is 1. The number of halogens is 1. The number of urea groups is 1. The van der Waals surface area contributed by atoms with E-state index in [2.05, 4.69) is 10.6 Å². The van der Waals surface area contributed by atoms with Crippen LogP contribution in [0.4, 0.5) is 14.9 Å². The molecule has 1 rings (SSSR count). The lowest BCUT2D eigenvalue weighted by Gasteiger charge is -2.09. The average Bonchev–Trinajstić information content (AvgIpc) is 2.40. The number of carbonyl (C=O) groups is 2. The summed E-state index contributed by atoms with van der Waals surface area (Å²) in [5, 5.41) is 13.0. The van der Waals surface area contributed by atoms with Crippen molar-refractivity contribution >= 4 is 17.7 Å². The Labute approximate surface area is 114 Å². The van der Waals surface area contributed by atoms with Gasteiger partial charge in [0.05, 0.1) is 19.4 Å². The summed E-state index contributed by atoms with van der Waals surface area (Å²) in [6.45, 7) is -0.293. The zero-order valence-corrected chi connectivity index (χ0v) is 10.8. The molecule has 110 valence electrons. The molecular weight excluding hydrogens is 271 g/mol. The van der Waals surface area contributed by atoms with Gasteiger partial charge in [0.2, 0.25) is 0 Å². The van der Waals surface area contributed by atoms with Crippen LogP contribution in [0.2, 0.25) is 0 Å². The summed E-state index contributed by atoms with van der Waals surface area (Å²) >= 11 is 0. The van der Waals surface area contributed by atoms with Crippen LogP contribution in [-0.2, 0) is 9.53 Å². The Hall–Kier alpha value is -2.35. The van der Waals surface area contributed by atoms with Gasteiger partial charge in [0.1, 0.15) is 18.2 Å². The van der Waals surface area contributed by atoms with Crippen LogP contribution in [0.5, 0.6) is 5.75 Å². The highest BCUT2D eigenvalue weighted by atomic mass is 19.1. The Balaban J connectivity index is 2.37. The van der Waals surface area contributed by atoms with Gasteiger partial charge in [-0.15, -0.1) is 0 Å². The van der Waals surface area contributed by atoms with Crippen molar-refractivity contribution in [2.75, 3.05) is 32.2 Å². The fraction of sp³-hybridized carbons (Fsp3) is 0.333. The van der Waals surface area contributed by atoms with Crippen molar-refractivity contribution in [2.45, 2.75) is 0 Å². The minimum Gasteiger partial charge on any atom is -0.497 e. The van der Waals surface area contributed by atoms with Gasteiger partial charge in [0.25, 0.3) is 0 Å².